The van der Waals surface area contributed by atoms with Gasteiger partial charge in [-0.2, -0.15) is 0 Å². The molecule has 120 valence electrons. The molecule has 1 heterocycles. The molecular weight excluding hydrogens is 260 g/mol. The number of hydrogen-bond donors (Lipinski definition) is 3. The summed E-state index contributed by atoms with van der Waals surface area (Å²) >= 11 is 0. The third-order valence-electron chi connectivity index (χ3n) is 3.63. The molecule has 5 nitrogen and oxygen atoms in total. The van der Waals surface area contributed by atoms with Crippen molar-refractivity contribution >= 4 is 0 Å². The molecule has 0 aromatic rings. The summed E-state index contributed by atoms with van der Waals surface area (Å²) < 4.78 is 11.9. The topological polar surface area (TPSA) is 79.2 Å². The molecule has 2 unspecified atom stereocenters. The van der Waals surface area contributed by atoms with Crippen LogP contribution in [0.15, 0.2) is 0 Å². The monoisotopic (exact) mass is 290 g/mol. The Kier molecular flexibility index (Phi) is 4.15. The van der Waals surface area contributed by atoms with Crippen molar-refractivity contribution in [3.05, 3.63) is 0 Å². The molecule has 1 aliphatic rings. The van der Waals surface area contributed by atoms with Gasteiger partial charge in [0.2, 0.25) is 0 Å². The van der Waals surface area contributed by atoms with Gasteiger partial charge in [0, 0.05) is 6.42 Å². The summed E-state index contributed by atoms with van der Waals surface area (Å²) in [5.41, 5.74) is -4.81. The van der Waals surface area contributed by atoms with Gasteiger partial charge in [0.15, 0.2) is 5.79 Å². The zero-order valence-corrected chi connectivity index (χ0v) is 13.9. The van der Waals surface area contributed by atoms with Crippen LogP contribution in [0.1, 0.15) is 61.8 Å². The van der Waals surface area contributed by atoms with Gasteiger partial charge in [-0.25, -0.2) is 0 Å². The molecule has 1 rings (SSSR count). The average Bonchev–Trinajstić information content (AvgIpc) is 2.32. The molecule has 0 bridgehead atoms. The van der Waals surface area contributed by atoms with Crippen molar-refractivity contribution in [3.63, 3.8) is 0 Å². The van der Waals surface area contributed by atoms with Gasteiger partial charge in [0.1, 0.15) is 11.7 Å². The fourth-order valence-electron chi connectivity index (χ4n) is 3.04. The van der Waals surface area contributed by atoms with E-state index in [1.807, 2.05) is 0 Å². The molecule has 1 aliphatic heterocycles. The maximum Gasteiger partial charge on any atom is 0.164 e. The summed E-state index contributed by atoms with van der Waals surface area (Å²) in [5, 5.41) is 31.3. The van der Waals surface area contributed by atoms with Crippen molar-refractivity contribution in [2.45, 2.75) is 96.1 Å². The standard InChI is InChI=1S/C15H30O5/c1-11(2,16)9-15(13(5,6)18)10(12(3,4)17)19-14(7,8)20-15/h10,16-18H,9H2,1-8H3. The Labute approximate surface area is 121 Å². The van der Waals surface area contributed by atoms with Crippen molar-refractivity contribution in [1.82, 2.24) is 0 Å². The first kappa shape index (κ1) is 17.9. The SMILES string of the molecule is CC(C)(O)CC1(C(C)(C)O)OC(C)(C)OC1C(C)(C)O. The van der Waals surface area contributed by atoms with Gasteiger partial charge < -0.3 is 24.8 Å². The Morgan fingerprint density at radius 1 is 0.950 bits per heavy atom. The fourth-order valence-corrected chi connectivity index (χ4v) is 3.04. The Bertz CT molecular complexity index is 356. The van der Waals surface area contributed by atoms with Gasteiger partial charge in [-0.05, 0) is 55.4 Å². The molecule has 0 spiro atoms. The van der Waals surface area contributed by atoms with Crippen LogP contribution in [-0.2, 0) is 9.47 Å². The largest absolute Gasteiger partial charge is 0.390 e. The molecule has 20 heavy (non-hydrogen) atoms. The molecule has 0 aromatic heterocycles. The van der Waals surface area contributed by atoms with Crippen LogP contribution in [-0.4, -0.2) is 49.6 Å². The van der Waals surface area contributed by atoms with E-state index in [9.17, 15) is 15.3 Å². The molecular formula is C15H30O5. The number of ether oxygens (including phenoxy) is 2. The normalized spacial score (nSPS) is 31.6. The van der Waals surface area contributed by atoms with Crippen molar-refractivity contribution in [2.75, 3.05) is 0 Å². The highest BCUT2D eigenvalue weighted by molar-refractivity contribution is 5.12. The molecule has 0 amide bonds. The number of aliphatic hydroxyl groups is 3. The molecule has 1 fully saturated rings. The van der Waals surface area contributed by atoms with E-state index >= 15 is 0 Å². The van der Waals surface area contributed by atoms with Crippen LogP contribution in [0, 0.1) is 0 Å². The summed E-state index contributed by atoms with van der Waals surface area (Å²) in [6.45, 7) is 13.2. The molecule has 0 radical (unpaired) electrons. The fraction of sp³-hybridized carbons (Fsp3) is 1.00. The first-order chi connectivity index (χ1) is 8.50. The second-order valence-electron chi connectivity index (χ2n) is 8.09. The molecule has 3 N–H and O–H groups in total. The third kappa shape index (κ3) is 3.52. The Morgan fingerprint density at radius 2 is 1.40 bits per heavy atom. The Morgan fingerprint density at radius 3 is 1.70 bits per heavy atom. The van der Waals surface area contributed by atoms with Crippen molar-refractivity contribution < 1.29 is 24.8 Å². The van der Waals surface area contributed by atoms with Gasteiger partial charge in [-0.15, -0.1) is 0 Å². The van der Waals surface area contributed by atoms with Gasteiger partial charge in [0.25, 0.3) is 0 Å². The highest BCUT2D eigenvalue weighted by Crippen LogP contribution is 2.50. The van der Waals surface area contributed by atoms with E-state index in [0.717, 1.165) is 0 Å². The van der Waals surface area contributed by atoms with Crippen LogP contribution in [0.25, 0.3) is 0 Å². The summed E-state index contributed by atoms with van der Waals surface area (Å²) in [6.07, 6.45) is -0.627. The van der Waals surface area contributed by atoms with Gasteiger partial charge in [0.05, 0.1) is 16.8 Å². The van der Waals surface area contributed by atoms with Gasteiger partial charge >= 0.3 is 0 Å². The van der Waals surface area contributed by atoms with Crippen LogP contribution < -0.4 is 0 Å². The minimum absolute atomic E-state index is 0.140. The predicted octanol–water partition coefficient (Wildman–Crippen LogP) is 1.58. The minimum Gasteiger partial charge on any atom is -0.390 e. The lowest BCUT2D eigenvalue weighted by molar-refractivity contribution is -0.223. The third-order valence-corrected chi connectivity index (χ3v) is 3.63. The van der Waals surface area contributed by atoms with Crippen molar-refractivity contribution in [2.24, 2.45) is 0 Å². The minimum atomic E-state index is -1.30. The lowest BCUT2D eigenvalue weighted by Crippen LogP contribution is -2.64. The van der Waals surface area contributed by atoms with E-state index in [0.29, 0.717) is 0 Å². The number of hydrogen-bond acceptors (Lipinski definition) is 5. The Balaban J connectivity index is 3.40. The molecule has 1 saturated heterocycles. The van der Waals surface area contributed by atoms with Crippen LogP contribution >= 0.6 is 0 Å². The van der Waals surface area contributed by atoms with E-state index in [2.05, 4.69) is 0 Å². The van der Waals surface area contributed by atoms with Crippen LogP contribution in [0.3, 0.4) is 0 Å². The lowest BCUT2D eigenvalue weighted by atomic mass is 9.70. The quantitative estimate of drug-likeness (QED) is 0.732. The second-order valence-corrected chi connectivity index (χ2v) is 8.09. The van der Waals surface area contributed by atoms with Gasteiger partial charge in [-0.3, -0.25) is 0 Å². The smallest absolute Gasteiger partial charge is 0.164 e. The van der Waals surface area contributed by atoms with Gasteiger partial charge in [-0.1, -0.05) is 0 Å². The first-order valence-electron chi connectivity index (χ1n) is 7.05. The first-order valence-corrected chi connectivity index (χ1v) is 7.05. The zero-order valence-electron chi connectivity index (χ0n) is 13.9. The van der Waals surface area contributed by atoms with E-state index in [4.69, 9.17) is 9.47 Å². The molecule has 0 saturated carbocycles. The molecule has 2 atom stereocenters. The second kappa shape index (κ2) is 4.65. The highest BCUT2D eigenvalue weighted by atomic mass is 16.8. The van der Waals surface area contributed by atoms with Crippen molar-refractivity contribution in [3.8, 4) is 0 Å². The van der Waals surface area contributed by atoms with E-state index in [1.165, 1.54) is 0 Å². The summed E-state index contributed by atoms with van der Waals surface area (Å²) in [5.74, 6) is -0.948. The average molecular weight is 290 g/mol. The van der Waals surface area contributed by atoms with E-state index < -0.39 is 34.3 Å². The van der Waals surface area contributed by atoms with Crippen LogP contribution in [0.4, 0.5) is 0 Å². The summed E-state index contributed by atoms with van der Waals surface area (Å²) in [6, 6.07) is 0. The molecule has 0 aromatic carbocycles. The summed E-state index contributed by atoms with van der Waals surface area (Å²) in [7, 11) is 0. The van der Waals surface area contributed by atoms with E-state index in [1.54, 1.807) is 55.4 Å². The molecule has 5 heteroatoms. The number of rotatable bonds is 4. The zero-order chi connectivity index (χ0) is 16.2. The molecule has 0 aliphatic carbocycles. The Hall–Kier alpha value is -0.200. The summed E-state index contributed by atoms with van der Waals surface area (Å²) in [4.78, 5) is 0. The van der Waals surface area contributed by atoms with Crippen molar-refractivity contribution in [1.29, 1.82) is 0 Å². The van der Waals surface area contributed by atoms with Crippen LogP contribution in [0.5, 0.6) is 0 Å². The maximum atomic E-state index is 10.7. The lowest BCUT2D eigenvalue weighted by Gasteiger charge is -2.48. The van der Waals surface area contributed by atoms with Crippen LogP contribution in [0.2, 0.25) is 0 Å². The maximum absolute atomic E-state index is 10.7. The highest BCUT2D eigenvalue weighted by Gasteiger charge is 2.65. The predicted molar refractivity (Wildman–Crippen MR) is 76.3 cm³/mol. The van der Waals surface area contributed by atoms with E-state index in [-0.39, 0.29) is 6.42 Å².